The first-order valence-corrected chi connectivity index (χ1v) is 9.57. The van der Waals surface area contributed by atoms with E-state index in [0.717, 1.165) is 0 Å². The van der Waals surface area contributed by atoms with Crippen molar-refractivity contribution >= 4 is 6.08 Å². The Kier molecular flexibility index (Phi) is 3.52. The molecule has 1 unspecified atom stereocenters. The molecule has 0 saturated heterocycles. The third-order valence-corrected chi connectivity index (χ3v) is 9.31. The van der Waals surface area contributed by atoms with Crippen molar-refractivity contribution in [1.82, 2.24) is 0 Å². The van der Waals surface area contributed by atoms with Gasteiger partial charge in [0.1, 0.15) is 0 Å². The summed E-state index contributed by atoms with van der Waals surface area (Å²) in [6.07, 6.45) is 13.1. The normalized spacial score (nSPS) is 22.5. The molecule has 0 nitrogen and oxygen atoms in total. The van der Waals surface area contributed by atoms with E-state index in [-0.39, 0.29) is 0 Å². The van der Waals surface area contributed by atoms with Gasteiger partial charge in [-0.05, 0) is 0 Å². The summed E-state index contributed by atoms with van der Waals surface area (Å²) in [6.45, 7) is 6.91. The minimum absolute atomic E-state index is 0.431. The second-order valence-corrected chi connectivity index (χ2v) is 10.0. The zero-order chi connectivity index (χ0) is 13.5. The van der Waals surface area contributed by atoms with Crippen molar-refractivity contribution in [3.8, 4) is 0 Å². The zero-order valence-electron chi connectivity index (χ0n) is 11.9. The van der Waals surface area contributed by atoms with Crippen LogP contribution in [0.15, 0.2) is 45.8 Å². The Bertz CT molecular complexity index is 578. The number of hydrogen-bond donors (Lipinski definition) is 0. The fraction of sp³-hybridized carbons (Fsp3) is 0.333. The molecule has 2 aliphatic rings. The molecule has 0 saturated carbocycles. The molecular weight excluding hydrogens is 307 g/mol. The van der Waals surface area contributed by atoms with E-state index in [0.29, 0.717) is 9.04 Å². The molecule has 19 heavy (non-hydrogen) atoms. The van der Waals surface area contributed by atoms with Gasteiger partial charge >= 0.3 is 128 Å². The summed E-state index contributed by atoms with van der Waals surface area (Å²) in [6, 6.07) is 6.93. The van der Waals surface area contributed by atoms with Crippen LogP contribution in [-0.2, 0) is 23.2 Å². The molecule has 0 bridgehead atoms. The van der Waals surface area contributed by atoms with Gasteiger partial charge in [-0.15, -0.1) is 0 Å². The number of aryl methyl sites for hydroxylation is 1. The Morgan fingerprint density at radius 1 is 1.21 bits per heavy atom. The first kappa shape index (κ1) is 13.3. The van der Waals surface area contributed by atoms with Crippen LogP contribution < -0.4 is 0 Å². The van der Waals surface area contributed by atoms with Gasteiger partial charge < -0.3 is 0 Å². The Labute approximate surface area is 127 Å². The number of allylic oxidation sites excluding steroid dienone is 5. The quantitative estimate of drug-likeness (QED) is 0.713. The van der Waals surface area contributed by atoms with Gasteiger partial charge in [-0.25, -0.2) is 0 Å². The SMILES string of the molecule is CC[C]1([Zr][C]2=Cc3cc(C)ccc3C2C)C=CC=C1. The van der Waals surface area contributed by atoms with Crippen LogP contribution in [0.5, 0.6) is 0 Å². The van der Waals surface area contributed by atoms with Crippen molar-refractivity contribution in [2.45, 2.75) is 36.2 Å². The Balaban J connectivity index is 1.90. The van der Waals surface area contributed by atoms with Crippen molar-refractivity contribution in [2.24, 2.45) is 0 Å². The summed E-state index contributed by atoms with van der Waals surface area (Å²) >= 11 is -0.601. The number of rotatable bonds is 3. The molecule has 96 valence electrons. The molecule has 0 radical (unpaired) electrons. The van der Waals surface area contributed by atoms with Gasteiger partial charge in [0.05, 0.1) is 0 Å². The van der Waals surface area contributed by atoms with Crippen LogP contribution in [0.3, 0.4) is 0 Å². The van der Waals surface area contributed by atoms with E-state index in [2.05, 4.69) is 69.4 Å². The Hall–Kier alpha value is -0.677. The number of hydrogen-bond acceptors (Lipinski definition) is 0. The molecule has 0 amide bonds. The molecular formula is C18H20Zr. The molecule has 0 fully saturated rings. The van der Waals surface area contributed by atoms with E-state index in [1.807, 2.05) is 0 Å². The first-order chi connectivity index (χ1) is 9.13. The predicted octanol–water partition coefficient (Wildman–Crippen LogP) is 5.23. The van der Waals surface area contributed by atoms with E-state index in [4.69, 9.17) is 0 Å². The van der Waals surface area contributed by atoms with Crippen molar-refractivity contribution < 1.29 is 23.2 Å². The van der Waals surface area contributed by atoms with Crippen LogP contribution in [0.2, 0.25) is 3.12 Å². The van der Waals surface area contributed by atoms with Gasteiger partial charge in [0.15, 0.2) is 0 Å². The molecule has 0 N–H and O–H groups in total. The summed E-state index contributed by atoms with van der Waals surface area (Å²) in [5.41, 5.74) is 4.39. The summed E-state index contributed by atoms with van der Waals surface area (Å²) in [5.74, 6) is 0.646. The molecule has 0 spiro atoms. The molecule has 3 rings (SSSR count). The van der Waals surface area contributed by atoms with Crippen molar-refractivity contribution in [1.29, 1.82) is 0 Å². The molecule has 1 heteroatoms. The Morgan fingerprint density at radius 2 is 1.95 bits per heavy atom. The van der Waals surface area contributed by atoms with Crippen molar-refractivity contribution in [2.75, 3.05) is 0 Å². The van der Waals surface area contributed by atoms with E-state index >= 15 is 0 Å². The van der Waals surface area contributed by atoms with Crippen LogP contribution in [0.4, 0.5) is 0 Å². The monoisotopic (exact) mass is 326 g/mol. The zero-order valence-corrected chi connectivity index (χ0v) is 14.4. The average Bonchev–Trinajstić information content (AvgIpc) is 2.97. The van der Waals surface area contributed by atoms with Crippen molar-refractivity contribution in [3.63, 3.8) is 0 Å². The summed E-state index contributed by atoms with van der Waals surface area (Å²) in [7, 11) is 0. The topological polar surface area (TPSA) is 0 Å². The summed E-state index contributed by atoms with van der Waals surface area (Å²) in [5, 5.41) is 0. The van der Waals surface area contributed by atoms with Crippen molar-refractivity contribution in [3.05, 3.63) is 62.5 Å². The van der Waals surface area contributed by atoms with Gasteiger partial charge in [-0.2, -0.15) is 0 Å². The third-order valence-electron chi connectivity index (χ3n) is 4.35. The van der Waals surface area contributed by atoms with Gasteiger partial charge in [0.2, 0.25) is 0 Å². The molecule has 0 aliphatic heterocycles. The first-order valence-electron chi connectivity index (χ1n) is 7.11. The van der Waals surface area contributed by atoms with Gasteiger partial charge in [0, 0.05) is 0 Å². The number of fused-ring (bicyclic) bond motifs is 1. The third kappa shape index (κ3) is 2.38. The molecule has 1 aromatic carbocycles. The van der Waals surface area contributed by atoms with Crippen LogP contribution in [-0.4, -0.2) is 0 Å². The van der Waals surface area contributed by atoms with Gasteiger partial charge in [-0.3, -0.25) is 0 Å². The van der Waals surface area contributed by atoms with Crippen LogP contribution >= 0.6 is 0 Å². The second-order valence-electron chi connectivity index (χ2n) is 5.69. The fourth-order valence-electron chi connectivity index (χ4n) is 3.00. The molecule has 1 atom stereocenters. The molecule has 2 aliphatic carbocycles. The van der Waals surface area contributed by atoms with Crippen LogP contribution in [0.25, 0.3) is 6.08 Å². The van der Waals surface area contributed by atoms with E-state index < -0.39 is 23.2 Å². The van der Waals surface area contributed by atoms with E-state index in [1.165, 1.54) is 17.5 Å². The van der Waals surface area contributed by atoms with Crippen LogP contribution in [0, 0.1) is 6.92 Å². The summed E-state index contributed by atoms with van der Waals surface area (Å²) in [4.78, 5) is 0. The van der Waals surface area contributed by atoms with Gasteiger partial charge in [0.25, 0.3) is 0 Å². The standard InChI is InChI=1S/C11H11.C7H9.Zr/c1-8-3-6-11-9(2)4-5-10(11)7-8;1-2-7-5-3-4-6-7;/h3,5-7,9H,1-2H3;3-6H,2H2,1H3;. The summed E-state index contributed by atoms with van der Waals surface area (Å²) < 4.78 is 2.18. The predicted molar refractivity (Wildman–Crippen MR) is 78.8 cm³/mol. The maximum atomic E-state index is 2.50. The molecule has 0 aromatic heterocycles. The van der Waals surface area contributed by atoms with E-state index in [9.17, 15) is 0 Å². The Morgan fingerprint density at radius 3 is 2.63 bits per heavy atom. The maximum absolute atomic E-state index is 2.50. The second kappa shape index (κ2) is 5.02. The van der Waals surface area contributed by atoms with E-state index in [1.54, 1.807) is 8.84 Å². The fourth-order valence-corrected chi connectivity index (χ4v) is 7.12. The molecule has 1 aromatic rings. The number of benzene rings is 1. The van der Waals surface area contributed by atoms with Gasteiger partial charge in [-0.1, -0.05) is 0 Å². The molecule has 0 heterocycles. The minimum atomic E-state index is -0.601. The van der Waals surface area contributed by atoms with Crippen LogP contribution in [0.1, 0.15) is 42.9 Å². The average molecular weight is 328 g/mol.